The Hall–Kier alpha value is -2.30. The summed E-state index contributed by atoms with van der Waals surface area (Å²) < 4.78 is 0. The fourth-order valence-electron chi connectivity index (χ4n) is 2.88. The van der Waals surface area contributed by atoms with Gasteiger partial charge in [-0.15, -0.1) is 0 Å². The molecule has 2 aromatic heterocycles. The number of hydrogen-bond acceptors (Lipinski definition) is 4. The van der Waals surface area contributed by atoms with Crippen molar-refractivity contribution < 1.29 is 4.79 Å². The van der Waals surface area contributed by atoms with Crippen LogP contribution in [0, 0.1) is 12.3 Å². The topological polar surface area (TPSA) is 67.8 Å². The summed E-state index contributed by atoms with van der Waals surface area (Å²) in [5, 5.41) is 2.79. The molecule has 3 rings (SSSR count). The maximum Gasteiger partial charge on any atom is 0.231 e. The van der Waals surface area contributed by atoms with Crippen LogP contribution in [0.15, 0.2) is 24.5 Å². The minimum absolute atomic E-state index is 0.119. The van der Waals surface area contributed by atoms with Gasteiger partial charge in [0.25, 0.3) is 0 Å². The van der Waals surface area contributed by atoms with Crippen LogP contribution in [0.25, 0.3) is 0 Å². The van der Waals surface area contributed by atoms with Crippen molar-refractivity contribution in [2.24, 2.45) is 5.41 Å². The molecule has 0 aromatic carbocycles. The summed E-state index contributed by atoms with van der Waals surface area (Å²) >= 11 is 0. The van der Waals surface area contributed by atoms with E-state index in [-0.39, 0.29) is 12.3 Å². The Bertz CT molecular complexity index is 722. The molecule has 5 nitrogen and oxygen atoms in total. The zero-order valence-electron chi connectivity index (χ0n) is 13.9. The normalized spacial score (nSPS) is 15.8. The van der Waals surface area contributed by atoms with Gasteiger partial charge in [0.2, 0.25) is 11.9 Å². The highest BCUT2D eigenvalue weighted by molar-refractivity contribution is 5.90. The standard InChI is InChI=1S/C18H22N4O/c1-12-4-5-13(10-19-12)8-16(23)22-17-20-11-14-9-18(2,3)7-6-15(14)21-17/h4-5,10-11H,6-9H2,1-3H3,(H,20,21,22,23). The lowest BCUT2D eigenvalue weighted by Gasteiger charge is -2.30. The van der Waals surface area contributed by atoms with Gasteiger partial charge < -0.3 is 0 Å². The Morgan fingerprint density at radius 1 is 1.26 bits per heavy atom. The van der Waals surface area contributed by atoms with Crippen LogP contribution in [-0.4, -0.2) is 20.9 Å². The molecule has 0 saturated carbocycles. The molecule has 1 aliphatic rings. The number of nitrogens with zero attached hydrogens (tertiary/aromatic N) is 3. The van der Waals surface area contributed by atoms with Crippen LogP contribution in [0.2, 0.25) is 0 Å². The van der Waals surface area contributed by atoms with Crippen LogP contribution >= 0.6 is 0 Å². The molecule has 23 heavy (non-hydrogen) atoms. The number of carbonyl (C=O) groups excluding carboxylic acids is 1. The highest BCUT2D eigenvalue weighted by atomic mass is 16.1. The Morgan fingerprint density at radius 2 is 2.09 bits per heavy atom. The van der Waals surface area contributed by atoms with E-state index in [1.54, 1.807) is 6.20 Å². The third-order valence-corrected chi connectivity index (χ3v) is 4.25. The molecule has 0 aliphatic heterocycles. The average molecular weight is 310 g/mol. The van der Waals surface area contributed by atoms with Gasteiger partial charge in [0.15, 0.2) is 0 Å². The van der Waals surface area contributed by atoms with E-state index in [0.29, 0.717) is 11.4 Å². The third-order valence-electron chi connectivity index (χ3n) is 4.25. The maximum atomic E-state index is 12.1. The molecular weight excluding hydrogens is 288 g/mol. The number of aromatic nitrogens is 3. The molecular formula is C18H22N4O. The van der Waals surface area contributed by atoms with E-state index < -0.39 is 0 Å². The van der Waals surface area contributed by atoms with Gasteiger partial charge in [-0.25, -0.2) is 9.97 Å². The van der Waals surface area contributed by atoms with Crippen molar-refractivity contribution in [1.29, 1.82) is 0 Å². The zero-order valence-corrected chi connectivity index (χ0v) is 13.9. The number of fused-ring (bicyclic) bond motifs is 1. The molecule has 0 atom stereocenters. The van der Waals surface area contributed by atoms with Gasteiger partial charge >= 0.3 is 0 Å². The minimum Gasteiger partial charge on any atom is -0.294 e. The first-order valence-corrected chi connectivity index (χ1v) is 7.97. The molecule has 0 saturated heterocycles. The second kappa shape index (κ2) is 6.07. The van der Waals surface area contributed by atoms with Crippen molar-refractivity contribution in [2.75, 3.05) is 5.32 Å². The monoisotopic (exact) mass is 310 g/mol. The van der Waals surface area contributed by atoms with E-state index in [2.05, 4.69) is 34.1 Å². The maximum absolute atomic E-state index is 12.1. The van der Waals surface area contributed by atoms with Gasteiger partial charge in [0, 0.05) is 23.8 Å². The zero-order chi connectivity index (χ0) is 16.4. The fourth-order valence-corrected chi connectivity index (χ4v) is 2.88. The largest absolute Gasteiger partial charge is 0.294 e. The van der Waals surface area contributed by atoms with E-state index in [4.69, 9.17) is 0 Å². The van der Waals surface area contributed by atoms with E-state index in [9.17, 15) is 4.79 Å². The molecule has 5 heteroatoms. The van der Waals surface area contributed by atoms with E-state index in [0.717, 1.165) is 36.2 Å². The van der Waals surface area contributed by atoms with Crippen molar-refractivity contribution in [3.05, 3.63) is 47.0 Å². The second-order valence-corrected chi connectivity index (χ2v) is 7.04. The van der Waals surface area contributed by atoms with Gasteiger partial charge in [-0.1, -0.05) is 19.9 Å². The second-order valence-electron chi connectivity index (χ2n) is 7.04. The molecule has 0 bridgehead atoms. The number of carbonyl (C=O) groups is 1. The van der Waals surface area contributed by atoms with Crippen molar-refractivity contribution in [3.8, 4) is 0 Å². The molecule has 1 N–H and O–H groups in total. The molecule has 0 spiro atoms. The number of anilines is 1. The first-order valence-electron chi connectivity index (χ1n) is 7.97. The number of nitrogens with one attached hydrogen (secondary N) is 1. The van der Waals surface area contributed by atoms with Crippen LogP contribution in [0.3, 0.4) is 0 Å². The van der Waals surface area contributed by atoms with Crippen LogP contribution in [-0.2, 0) is 24.1 Å². The Labute approximate surface area is 136 Å². The highest BCUT2D eigenvalue weighted by Crippen LogP contribution is 2.33. The van der Waals surface area contributed by atoms with Crippen molar-refractivity contribution in [1.82, 2.24) is 15.0 Å². The first-order chi connectivity index (χ1) is 10.9. The van der Waals surface area contributed by atoms with Crippen LogP contribution in [0.4, 0.5) is 5.95 Å². The summed E-state index contributed by atoms with van der Waals surface area (Å²) in [6.45, 7) is 6.45. The number of hydrogen-bond donors (Lipinski definition) is 1. The fraction of sp³-hybridized carbons (Fsp3) is 0.444. The van der Waals surface area contributed by atoms with Crippen molar-refractivity contribution in [3.63, 3.8) is 0 Å². The molecule has 120 valence electrons. The van der Waals surface area contributed by atoms with E-state index in [1.165, 1.54) is 5.56 Å². The van der Waals surface area contributed by atoms with Crippen LogP contribution < -0.4 is 5.32 Å². The SMILES string of the molecule is Cc1ccc(CC(=O)Nc2ncc3c(n2)CCC(C)(C)C3)cn1. The summed E-state index contributed by atoms with van der Waals surface area (Å²) in [7, 11) is 0. The molecule has 2 heterocycles. The average Bonchev–Trinajstić information content (AvgIpc) is 2.49. The van der Waals surface area contributed by atoms with Gasteiger partial charge in [-0.3, -0.25) is 15.1 Å². The Kier molecular flexibility index (Phi) is 4.11. The summed E-state index contributed by atoms with van der Waals surface area (Å²) in [5.41, 5.74) is 4.39. The molecule has 1 amide bonds. The Morgan fingerprint density at radius 3 is 2.83 bits per heavy atom. The van der Waals surface area contributed by atoms with Crippen molar-refractivity contribution >= 4 is 11.9 Å². The highest BCUT2D eigenvalue weighted by Gasteiger charge is 2.26. The van der Waals surface area contributed by atoms with Gasteiger partial charge in [0.05, 0.1) is 6.42 Å². The van der Waals surface area contributed by atoms with Crippen LogP contribution in [0.1, 0.15) is 42.8 Å². The smallest absolute Gasteiger partial charge is 0.231 e. The predicted molar refractivity (Wildman–Crippen MR) is 89.1 cm³/mol. The molecule has 1 aliphatic carbocycles. The minimum atomic E-state index is -0.119. The molecule has 0 fully saturated rings. The summed E-state index contributed by atoms with van der Waals surface area (Å²) in [5.74, 6) is 0.278. The molecule has 0 unspecified atom stereocenters. The predicted octanol–water partition coefficient (Wildman–Crippen LogP) is 2.88. The lowest BCUT2D eigenvalue weighted by molar-refractivity contribution is -0.115. The quantitative estimate of drug-likeness (QED) is 0.946. The summed E-state index contributed by atoms with van der Waals surface area (Å²) in [4.78, 5) is 25.1. The summed E-state index contributed by atoms with van der Waals surface area (Å²) in [6, 6.07) is 3.82. The number of aryl methyl sites for hydroxylation is 2. The lowest BCUT2D eigenvalue weighted by Crippen LogP contribution is -2.24. The molecule has 2 aromatic rings. The van der Waals surface area contributed by atoms with Crippen LogP contribution in [0.5, 0.6) is 0 Å². The number of rotatable bonds is 3. The lowest BCUT2D eigenvalue weighted by atomic mass is 9.76. The van der Waals surface area contributed by atoms with Crippen molar-refractivity contribution in [2.45, 2.75) is 46.5 Å². The number of amides is 1. The summed E-state index contributed by atoms with van der Waals surface area (Å²) in [6.07, 6.45) is 6.90. The van der Waals surface area contributed by atoms with Gasteiger partial charge in [-0.2, -0.15) is 0 Å². The first kappa shape index (κ1) is 15.6. The molecule has 0 radical (unpaired) electrons. The van der Waals surface area contributed by atoms with E-state index >= 15 is 0 Å². The van der Waals surface area contributed by atoms with E-state index in [1.807, 2.05) is 25.3 Å². The Balaban J connectivity index is 1.66. The number of pyridine rings is 1. The van der Waals surface area contributed by atoms with Gasteiger partial charge in [0.1, 0.15) is 0 Å². The third kappa shape index (κ3) is 3.92. The van der Waals surface area contributed by atoms with Gasteiger partial charge in [-0.05, 0) is 48.8 Å².